The van der Waals surface area contributed by atoms with E-state index in [1.807, 2.05) is 6.92 Å². The third-order valence-corrected chi connectivity index (χ3v) is 4.50. The van der Waals surface area contributed by atoms with E-state index >= 15 is 0 Å². The second-order valence-electron chi connectivity index (χ2n) is 5.97. The van der Waals surface area contributed by atoms with Crippen LogP contribution in [0.15, 0.2) is 29.7 Å². The van der Waals surface area contributed by atoms with Crippen LogP contribution in [0.1, 0.15) is 31.9 Å². The molecule has 0 saturated carbocycles. The van der Waals surface area contributed by atoms with Gasteiger partial charge in [-0.15, -0.1) is 0 Å². The third-order valence-electron chi connectivity index (χ3n) is 4.22. The second kappa shape index (κ2) is 7.87. The minimum absolute atomic E-state index is 0.333. The van der Waals surface area contributed by atoms with Crippen LogP contribution >= 0.6 is 11.6 Å². The van der Waals surface area contributed by atoms with Crippen LogP contribution in [0.5, 0.6) is 11.5 Å². The lowest BCUT2D eigenvalue weighted by Crippen LogP contribution is -2.29. The summed E-state index contributed by atoms with van der Waals surface area (Å²) >= 11 is 6.38. The molecule has 27 heavy (non-hydrogen) atoms. The third kappa shape index (κ3) is 3.44. The van der Waals surface area contributed by atoms with Gasteiger partial charge >= 0.3 is 5.97 Å². The molecule has 3 rings (SSSR count). The smallest absolute Gasteiger partial charge is 0.338 e. The zero-order valence-corrected chi connectivity index (χ0v) is 16.3. The number of esters is 1. The van der Waals surface area contributed by atoms with Gasteiger partial charge in [0, 0.05) is 5.70 Å². The van der Waals surface area contributed by atoms with Gasteiger partial charge in [-0.25, -0.2) is 9.48 Å². The molecule has 1 aromatic heterocycles. The highest BCUT2D eigenvalue weighted by Crippen LogP contribution is 2.42. The number of halogens is 1. The Morgan fingerprint density at radius 3 is 2.78 bits per heavy atom. The fraction of sp³-hybridized carbons (Fsp3) is 0.389. The first-order valence-corrected chi connectivity index (χ1v) is 8.85. The van der Waals surface area contributed by atoms with Crippen LogP contribution in [-0.2, 0) is 9.53 Å². The molecule has 2 heterocycles. The van der Waals surface area contributed by atoms with Crippen molar-refractivity contribution in [3.05, 3.63) is 40.3 Å². The standard InChI is InChI=1S/C18H21ClN4O4/c1-5-6-27-17(24)14-10(2)22-18-20-9-21-23(18)15(14)11-7-12(19)16(26-4)13(8-11)25-3/h7-9,15H,5-6H2,1-4H3,(H,20,21,22). The summed E-state index contributed by atoms with van der Waals surface area (Å²) in [6, 6.07) is 2.93. The summed E-state index contributed by atoms with van der Waals surface area (Å²) in [5.41, 5.74) is 1.78. The summed E-state index contributed by atoms with van der Waals surface area (Å²) in [4.78, 5) is 17.0. The first-order chi connectivity index (χ1) is 13.0. The van der Waals surface area contributed by atoms with Crippen molar-refractivity contribution in [2.75, 3.05) is 26.1 Å². The van der Waals surface area contributed by atoms with E-state index in [2.05, 4.69) is 15.4 Å². The number of nitrogens with zero attached hydrogens (tertiary/aromatic N) is 3. The summed E-state index contributed by atoms with van der Waals surface area (Å²) < 4.78 is 17.7. The van der Waals surface area contributed by atoms with Crippen molar-refractivity contribution in [2.24, 2.45) is 0 Å². The minimum Gasteiger partial charge on any atom is -0.493 e. The van der Waals surface area contributed by atoms with Crippen LogP contribution in [0.2, 0.25) is 5.02 Å². The Labute approximate surface area is 162 Å². The van der Waals surface area contributed by atoms with E-state index in [0.29, 0.717) is 45.9 Å². The molecule has 2 aromatic rings. The average molecular weight is 393 g/mol. The molecule has 1 unspecified atom stereocenters. The van der Waals surface area contributed by atoms with Gasteiger partial charge in [-0.05, 0) is 31.0 Å². The molecule has 0 radical (unpaired) electrons. The molecule has 0 spiro atoms. The van der Waals surface area contributed by atoms with Crippen molar-refractivity contribution in [3.63, 3.8) is 0 Å². The number of hydrogen-bond acceptors (Lipinski definition) is 7. The molecule has 0 saturated heterocycles. The summed E-state index contributed by atoms with van der Waals surface area (Å²) in [7, 11) is 3.04. The van der Waals surface area contributed by atoms with Crippen molar-refractivity contribution < 1.29 is 19.0 Å². The van der Waals surface area contributed by atoms with Crippen LogP contribution in [0.4, 0.5) is 5.95 Å². The van der Waals surface area contributed by atoms with E-state index in [4.69, 9.17) is 25.8 Å². The molecule has 1 N–H and O–H groups in total. The molecule has 9 heteroatoms. The monoisotopic (exact) mass is 392 g/mol. The lowest BCUT2D eigenvalue weighted by Gasteiger charge is -2.28. The van der Waals surface area contributed by atoms with Crippen LogP contribution in [-0.4, -0.2) is 41.6 Å². The highest BCUT2D eigenvalue weighted by Gasteiger charge is 2.35. The molecule has 0 bridgehead atoms. The fourth-order valence-electron chi connectivity index (χ4n) is 3.03. The van der Waals surface area contributed by atoms with Gasteiger partial charge in [0.2, 0.25) is 5.95 Å². The van der Waals surface area contributed by atoms with Gasteiger partial charge in [0.05, 0.1) is 31.4 Å². The van der Waals surface area contributed by atoms with Gasteiger partial charge in [0.15, 0.2) is 11.5 Å². The molecule has 0 aliphatic carbocycles. The minimum atomic E-state index is -0.564. The molecule has 1 aliphatic heterocycles. The maximum atomic E-state index is 12.8. The Morgan fingerprint density at radius 1 is 1.33 bits per heavy atom. The van der Waals surface area contributed by atoms with Crippen molar-refractivity contribution in [2.45, 2.75) is 26.3 Å². The van der Waals surface area contributed by atoms with Crippen molar-refractivity contribution in [1.82, 2.24) is 14.8 Å². The first-order valence-electron chi connectivity index (χ1n) is 8.47. The predicted molar refractivity (Wildman–Crippen MR) is 100 cm³/mol. The first kappa shape index (κ1) is 19.0. The molecule has 0 amide bonds. The zero-order valence-electron chi connectivity index (χ0n) is 15.6. The average Bonchev–Trinajstić information content (AvgIpc) is 3.12. The van der Waals surface area contributed by atoms with Crippen LogP contribution in [0, 0.1) is 0 Å². The summed E-state index contributed by atoms with van der Waals surface area (Å²) in [6.07, 6.45) is 2.15. The number of carbonyl (C=O) groups excluding carboxylic acids is 1. The highest BCUT2D eigenvalue weighted by molar-refractivity contribution is 6.32. The molecule has 8 nitrogen and oxygen atoms in total. The second-order valence-corrected chi connectivity index (χ2v) is 6.38. The van der Waals surface area contributed by atoms with E-state index in [0.717, 1.165) is 6.42 Å². The van der Waals surface area contributed by atoms with Gasteiger partial charge in [0.25, 0.3) is 0 Å². The van der Waals surface area contributed by atoms with E-state index in [1.54, 1.807) is 23.7 Å². The molecule has 144 valence electrons. The number of aromatic nitrogens is 3. The number of hydrogen-bond donors (Lipinski definition) is 1. The quantitative estimate of drug-likeness (QED) is 0.755. The maximum Gasteiger partial charge on any atom is 0.338 e. The topological polar surface area (TPSA) is 87.5 Å². The van der Waals surface area contributed by atoms with E-state index in [9.17, 15) is 4.79 Å². The van der Waals surface area contributed by atoms with Gasteiger partial charge in [-0.2, -0.15) is 10.1 Å². The van der Waals surface area contributed by atoms with Crippen molar-refractivity contribution >= 4 is 23.5 Å². The van der Waals surface area contributed by atoms with Crippen LogP contribution < -0.4 is 14.8 Å². The number of ether oxygens (including phenoxy) is 3. The number of benzene rings is 1. The number of carbonyl (C=O) groups is 1. The summed E-state index contributed by atoms with van der Waals surface area (Å²) in [6.45, 7) is 4.07. The Hall–Kier alpha value is -2.74. The Kier molecular flexibility index (Phi) is 5.55. The number of allylic oxidation sites excluding steroid dienone is 1. The lowest BCUT2D eigenvalue weighted by atomic mass is 9.95. The zero-order chi connectivity index (χ0) is 19.6. The van der Waals surface area contributed by atoms with Gasteiger partial charge in [-0.3, -0.25) is 0 Å². The van der Waals surface area contributed by atoms with E-state index in [1.165, 1.54) is 20.5 Å². The predicted octanol–water partition coefficient (Wildman–Crippen LogP) is 3.19. The van der Waals surface area contributed by atoms with Gasteiger partial charge in [0.1, 0.15) is 12.4 Å². The number of methoxy groups -OCH3 is 2. The highest BCUT2D eigenvalue weighted by atomic mass is 35.5. The van der Waals surface area contributed by atoms with Crippen molar-refractivity contribution in [3.8, 4) is 11.5 Å². The number of rotatable bonds is 6. The van der Waals surface area contributed by atoms with Gasteiger partial charge in [-0.1, -0.05) is 18.5 Å². The van der Waals surface area contributed by atoms with Gasteiger partial charge < -0.3 is 19.5 Å². The number of anilines is 1. The molecular formula is C18H21ClN4O4. The maximum absolute atomic E-state index is 12.8. The summed E-state index contributed by atoms with van der Waals surface area (Å²) in [5.74, 6) is 0.986. The lowest BCUT2D eigenvalue weighted by molar-refractivity contribution is -0.139. The molecule has 1 atom stereocenters. The number of fused-ring (bicyclic) bond motifs is 1. The van der Waals surface area contributed by atoms with E-state index in [-0.39, 0.29) is 0 Å². The summed E-state index contributed by atoms with van der Waals surface area (Å²) in [5, 5.41) is 7.73. The molecular weight excluding hydrogens is 372 g/mol. The fourth-order valence-corrected chi connectivity index (χ4v) is 3.33. The van der Waals surface area contributed by atoms with Crippen LogP contribution in [0.25, 0.3) is 0 Å². The normalized spacial score (nSPS) is 15.8. The Bertz CT molecular complexity index is 893. The number of nitrogens with one attached hydrogen (secondary N) is 1. The molecule has 0 fully saturated rings. The largest absolute Gasteiger partial charge is 0.493 e. The van der Waals surface area contributed by atoms with E-state index < -0.39 is 12.0 Å². The van der Waals surface area contributed by atoms with Crippen LogP contribution in [0.3, 0.4) is 0 Å². The van der Waals surface area contributed by atoms with Crippen molar-refractivity contribution in [1.29, 1.82) is 0 Å². The Balaban J connectivity index is 2.15. The molecule has 1 aliphatic rings. The SMILES string of the molecule is CCCOC(=O)C1=C(C)Nc2ncnn2C1c1cc(Cl)c(OC)c(OC)c1. The Morgan fingerprint density at radius 2 is 2.11 bits per heavy atom. The molecule has 1 aromatic carbocycles.